The predicted octanol–water partition coefficient (Wildman–Crippen LogP) is 3.29. The molecule has 1 aromatic rings. The van der Waals surface area contributed by atoms with Crippen LogP contribution in [0.25, 0.3) is 0 Å². The zero-order valence-corrected chi connectivity index (χ0v) is 9.98. The fourth-order valence-electron chi connectivity index (χ4n) is 1.31. The highest BCUT2D eigenvalue weighted by Crippen LogP contribution is 2.21. The van der Waals surface area contributed by atoms with Crippen LogP contribution >= 0.6 is 15.9 Å². The molecular formula is C11H16BrN. The van der Waals surface area contributed by atoms with Crippen LogP contribution in [0, 0.1) is 0 Å². The first kappa shape index (κ1) is 10.7. The number of benzene rings is 1. The van der Waals surface area contributed by atoms with Gasteiger partial charge in [0.25, 0.3) is 0 Å². The van der Waals surface area contributed by atoms with Crippen molar-refractivity contribution in [2.75, 3.05) is 7.05 Å². The maximum Gasteiger partial charge on any atom is 0.0202 e. The Morgan fingerprint density at radius 2 is 2.00 bits per heavy atom. The molecule has 0 atom stereocenters. The SMILES string of the molecule is CNCc1cc(Br)cc(C(C)C)c1. The van der Waals surface area contributed by atoms with E-state index < -0.39 is 0 Å². The minimum absolute atomic E-state index is 0.591. The summed E-state index contributed by atoms with van der Waals surface area (Å²) < 4.78 is 1.17. The molecule has 0 amide bonds. The lowest BCUT2D eigenvalue weighted by atomic mass is 10.0. The Bertz CT molecular complexity index is 281. The molecule has 0 bridgehead atoms. The molecular weight excluding hydrogens is 226 g/mol. The Labute approximate surface area is 88.7 Å². The van der Waals surface area contributed by atoms with Gasteiger partial charge in [0.15, 0.2) is 0 Å². The van der Waals surface area contributed by atoms with E-state index in [4.69, 9.17) is 0 Å². The summed E-state index contributed by atoms with van der Waals surface area (Å²) in [6, 6.07) is 6.60. The Balaban J connectivity index is 2.96. The molecule has 0 spiro atoms. The van der Waals surface area contributed by atoms with Gasteiger partial charge in [-0.25, -0.2) is 0 Å². The van der Waals surface area contributed by atoms with E-state index in [9.17, 15) is 0 Å². The quantitative estimate of drug-likeness (QED) is 0.857. The van der Waals surface area contributed by atoms with Crippen LogP contribution in [0.1, 0.15) is 30.9 Å². The summed E-state index contributed by atoms with van der Waals surface area (Å²) in [4.78, 5) is 0. The van der Waals surface area contributed by atoms with Gasteiger partial charge >= 0.3 is 0 Å². The van der Waals surface area contributed by atoms with Crippen molar-refractivity contribution >= 4 is 15.9 Å². The second-order valence-corrected chi connectivity index (χ2v) is 4.49. The minimum atomic E-state index is 0.591. The molecule has 0 aromatic heterocycles. The highest BCUT2D eigenvalue weighted by atomic mass is 79.9. The van der Waals surface area contributed by atoms with Crippen molar-refractivity contribution in [3.8, 4) is 0 Å². The molecule has 0 radical (unpaired) electrons. The lowest BCUT2D eigenvalue weighted by Gasteiger charge is -2.09. The molecule has 1 N–H and O–H groups in total. The molecule has 0 heterocycles. The van der Waals surface area contributed by atoms with Crippen LogP contribution in [-0.4, -0.2) is 7.05 Å². The average Bonchev–Trinajstić information content (AvgIpc) is 2.03. The summed E-state index contributed by atoms with van der Waals surface area (Å²) in [6.07, 6.45) is 0. The Kier molecular flexibility index (Phi) is 3.94. The monoisotopic (exact) mass is 241 g/mol. The lowest BCUT2D eigenvalue weighted by Crippen LogP contribution is -2.05. The highest BCUT2D eigenvalue weighted by molar-refractivity contribution is 9.10. The van der Waals surface area contributed by atoms with Gasteiger partial charge in [0, 0.05) is 11.0 Å². The summed E-state index contributed by atoms with van der Waals surface area (Å²) in [5.74, 6) is 0.591. The molecule has 0 aliphatic rings. The number of halogens is 1. The van der Waals surface area contributed by atoms with E-state index in [1.165, 1.54) is 15.6 Å². The normalized spacial score (nSPS) is 10.8. The molecule has 0 saturated heterocycles. The lowest BCUT2D eigenvalue weighted by molar-refractivity contribution is 0.806. The molecule has 0 fully saturated rings. The third-order valence-corrected chi connectivity index (χ3v) is 2.49. The third kappa shape index (κ3) is 3.12. The molecule has 0 unspecified atom stereocenters. The van der Waals surface area contributed by atoms with Crippen molar-refractivity contribution in [2.24, 2.45) is 0 Å². The van der Waals surface area contributed by atoms with Crippen LogP contribution in [0.2, 0.25) is 0 Å². The van der Waals surface area contributed by atoms with Crippen molar-refractivity contribution in [2.45, 2.75) is 26.3 Å². The highest BCUT2D eigenvalue weighted by Gasteiger charge is 2.02. The summed E-state index contributed by atoms with van der Waals surface area (Å²) in [5, 5.41) is 3.16. The molecule has 0 saturated carbocycles. The first-order chi connectivity index (χ1) is 6.13. The van der Waals surface area contributed by atoms with Gasteiger partial charge < -0.3 is 5.32 Å². The van der Waals surface area contributed by atoms with E-state index in [0.717, 1.165) is 6.54 Å². The predicted molar refractivity (Wildman–Crippen MR) is 61.0 cm³/mol. The van der Waals surface area contributed by atoms with Gasteiger partial charge in [-0.1, -0.05) is 35.8 Å². The standard InChI is InChI=1S/C11H16BrN/c1-8(2)10-4-9(7-13-3)5-11(12)6-10/h4-6,8,13H,7H2,1-3H3. The van der Waals surface area contributed by atoms with Crippen molar-refractivity contribution in [1.29, 1.82) is 0 Å². The maximum atomic E-state index is 3.52. The second kappa shape index (κ2) is 4.77. The topological polar surface area (TPSA) is 12.0 Å². The maximum absolute atomic E-state index is 3.52. The van der Waals surface area contributed by atoms with Crippen LogP contribution < -0.4 is 5.32 Å². The zero-order chi connectivity index (χ0) is 9.84. The van der Waals surface area contributed by atoms with Gasteiger partial charge in [-0.2, -0.15) is 0 Å². The van der Waals surface area contributed by atoms with E-state index >= 15 is 0 Å². The molecule has 13 heavy (non-hydrogen) atoms. The van der Waals surface area contributed by atoms with Crippen molar-refractivity contribution in [1.82, 2.24) is 5.32 Å². The smallest absolute Gasteiger partial charge is 0.0202 e. The largest absolute Gasteiger partial charge is 0.316 e. The van der Waals surface area contributed by atoms with Crippen LogP contribution in [0.5, 0.6) is 0 Å². The molecule has 0 aliphatic heterocycles. The Morgan fingerprint density at radius 1 is 1.31 bits per heavy atom. The van der Waals surface area contributed by atoms with E-state index in [0.29, 0.717) is 5.92 Å². The van der Waals surface area contributed by atoms with Crippen LogP contribution in [0.4, 0.5) is 0 Å². The molecule has 1 aromatic carbocycles. The zero-order valence-electron chi connectivity index (χ0n) is 8.39. The number of hydrogen-bond acceptors (Lipinski definition) is 1. The Hall–Kier alpha value is -0.340. The number of nitrogens with one attached hydrogen (secondary N) is 1. The van der Waals surface area contributed by atoms with Crippen molar-refractivity contribution in [3.63, 3.8) is 0 Å². The number of hydrogen-bond donors (Lipinski definition) is 1. The van der Waals surface area contributed by atoms with E-state index in [1.54, 1.807) is 0 Å². The van der Waals surface area contributed by atoms with E-state index in [1.807, 2.05) is 7.05 Å². The van der Waals surface area contributed by atoms with Gasteiger partial charge in [0.1, 0.15) is 0 Å². The summed E-state index contributed by atoms with van der Waals surface area (Å²) in [6.45, 7) is 5.36. The fraction of sp³-hybridized carbons (Fsp3) is 0.455. The van der Waals surface area contributed by atoms with E-state index in [2.05, 4.69) is 53.3 Å². The fourth-order valence-corrected chi connectivity index (χ4v) is 1.87. The van der Waals surface area contributed by atoms with Crippen LogP contribution in [0.3, 0.4) is 0 Å². The van der Waals surface area contributed by atoms with Gasteiger partial charge in [0.2, 0.25) is 0 Å². The minimum Gasteiger partial charge on any atom is -0.316 e. The number of rotatable bonds is 3. The molecule has 0 aliphatic carbocycles. The first-order valence-corrected chi connectivity index (χ1v) is 5.36. The summed E-state index contributed by atoms with van der Waals surface area (Å²) in [5.41, 5.74) is 2.72. The second-order valence-electron chi connectivity index (χ2n) is 3.58. The van der Waals surface area contributed by atoms with Crippen LogP contribution in [-0.2, 0) is 6.54 Å². The van der Waals surface area contributed by atoms with Gasteiger partial charge in [0.05, 0.1) is 0 Å². The first-order valence-electron chi connectivity index (χ1n) is 4.57. The average molecular weight is 242 g/mol. The van der Waals surface area contributed by atoms with Crippen molar-refractivity contribution in [3.05, 3.63) is 33.8 Å². The Morgan fingerprint density at radius 3 is 2.54 bits per heavy atom. The van der Waals surface area contributed by atoms with Crippen LogP contribution in [0.15, 0.2) is 22.7 Å². The van der Waals surface area contributed by atoms with Crippen molar-refractivity contribution < 1.29 is 0 Å². The van der Waals surface area contributed by atoms with Gasteiger partial charge in [-0.15, -0.1) is 0 Å². The van der Waals surface area contributed by atoms with E-state index in [-0.39, 0.29) is 0 Å². The van der Waals surface area contributed by atoms with Gasteiger partial charge in [-0.3, -0.25) is 0 Å². The molecule has 2 heteroatoms. The molecule has 1 rings (SSSR count). The summed E-state index contributed by atoms with van der Waals surface area (Å²) in [7, 11) is 1.97. The molecule has 72 valence electrons. The third-order valence-electron chi connectivity index (χ3n) is 2.03. The van der Waals surface area contributed by atoms with Gasteiger partial charge in [-0.05, 0) is 36.2 Å². The summed E-state index contributed by atoms with van der Waals surface area (Å²) >= 11 is 3.52. The molecule has 1 nitrogen and oxygen atoms in total.